The molecule has 7 nitrogen and oxygen atoms in total. The van der Waals surface area contributed by atoms with E-state index in [1.165, 1.54) is 13.2 Å². The predicted molar refractivity (Wildman–Crippen MR) is 94.2 cm³/mol. The van der Waals surface area contributed by atoms with Crippen LogP contribution in [0.1, 0.15) is 46.2 Å². The molecule has 140 valence electrons. The average Bonchev–Trinajstić information content (AvgIpc) is 3.04. The largest absolute Gasteiger partial charge is 0.380 e. The molecule has 0 unspecified atom stereocenters. The minimum Gasteiger partial charge on any atom is -0.380 e. The van der Waals surface area contributed by atoms with Crippen LogP contribution in [0, 0.1) is 12.7 Å². The molecule has 26 heavy (non-hydrogen) atoms. The van der Waals surface area contributed by atoms with Crippen LogP contribution in [0.2, 0.25) is 0 Å². The molecule has 1 amide bonds. The number of methoxy groups -OCH3 is 1. The maximum Gasteiger partial charge on any atom is 0.274 e. The summed E-state index contributed by atoms with van der Waals surface area (Å²) in [5, 5.41) is 14.4. The molecule has 1 aliphatic rings. The van der Waals surface area contributed by atoms with Crippen LogP contribution < -0.4 is 10.6 Å². The zero-order chi connectivity index (χ0) is 18.5. The molecule has 1 aromatic carbocycles. The number of aromatic nitrogens is 3. The lowest BCUT2D eigenvalue weighted by Crippen LogP contribution is -2.30. The molecule has 0 bridgehead atoms. The third-order valence-corrected chi connectivity index (χ3v) is 4.66. The Morgan fingerprint density at radius 1 is 1.42 bits per heavy atom. The number of nitrogens with zero attached hydrogens (tertiary/aromatic N) is 3. The summed E-state index contributed by atoms with van der Waals surface area (Å²) in [6.45, 7) is 4.23. The molecule has 1 saturated heterocycles. The quantitative estimate of drug-likeness (QED) is 0.819. The van der Waals surface area contributed by atoms with Crippen LogP contribution in [0.3, 0.4) is 0 Å². The van der Waals surface area contributed by atoms with Crippen LogP contribution in [0.15, 0.2) is 18.2 Å². The van der Waals surface area contributed by atoms with E-state index in [0.29, 0.717) is 11.3 Å². The van der Waals surface area contributed by atoms with Crippen molar-refractivity contribution in [1.82, 2.24) is 25.6 Å². The SMILES string of the molecule is COCc1cc(CNC(=O)c2nnn(C3CCNCC3)c2C)ccc1F. The number of piperidine rings is 1. The first-order valence-electron chi connectivity index (χ1n) is 8.77. The van der Waals surface area contributed by atoms with E-state index in [0.717, 1.165) is 37.2 Å². The number of rotatable bonds is 6. The van der Waals surface area contributed by atoms with Crippen LogP contribution in [-0.4, -0.2) is 41.1 Å². The third kappa shape index (κ3) is 4.08. The number of nitrogens with one attached hydrogen (secondary N) is 2. The number of ether oxygens (including phenoxy) is 1. The van der Waals surface area contributed by atoms with Crippen LogP contribution in [0.5, 0.6) is 0 Å². The molecule has 2 heterocycles. The van der Waals surface area contributed by atoms with E-state index < -0.39 is 0 Å². The lowest BCUT2D eigenvalue weighted by Gasteiger charge is -2.23. The van der Waals surface area contributed by atoms with Crippen LogP contribution in [-0.2, 0) is 17.9 Å². The van der Waals surface area contributed by atoms with E-state index in [-0.39, 0.29) is 30.9 Å². The molecule has 1 aliphatic heterocycles. The van der Waals surface area contributed by atoms with Gasteiger partial charge < -0.3 is 15.4 Å². The lowest BCUT2D eigenvalue weighted by molar-refractivity contribution is 0.0945. The molecule has 0 spiro atoms. The summed E-state index contributed by atoms with van der Waals surface area (Å²) in [6, 6.07) is 5.00. The van der Waals surface area contributed by atoms with E-state index in [1.54, 1.807) is 12.1 Å². The van der Waals surface area contributed by atoms with Gasteiger partial charge in [0.25, 0.3) is 5.91 Å². The van der Waals surface area contributed by atoms with Gasteiger partial charge in [-0.15, -0.1) is 5.10 Å². The standard InChI is InChI=1S/C18H24FN5O2/c1-12-17(22-23-24(12)15-5-7-20-8-6-15)18(25)21-10-13-3-4-16(19)14(9-13)11-26-2/h3-4,9,15,20H,5-8,10-11H2,1-2H3,(H,21,25). The van der Waals surface area contributed by atoms with Gasteiger partial charge in [-0.05, 0) is 50.6 Å². The second kappa shape index (κ2) is 8.37. The Labute approximate surface area is 151 Å². The van der Waals surface area contributed by atoms with Gasteiger partial charge in [-0.3, -0.25) is 4.79 Å². The van der Waals surface area contributed by atoms with Crippen molar-refractivity contribution in [3.8, 4) is 0 Å². The fraction of sp³-hybridized carbons (Fsp3) is 0.500. The molecule has 1 aromatic heterocycles. The van der Waals surface area contributed by atoms with Crippen LogP contribution in [0.4, 0.5) is 4.39 Å². The fourth-order valence-corrected chi connectivity index (χ4v) is 3.22. The van der Waals surface area contributed by atoms with Crippen molar-refractivity contribution >= 4 is 5.91 Å². The normalized spacial score (nSPS) is 15.2. The highest BCUT2D eigenvalue weighted by atomic mass is 19.1. The number of hydrogen-bond acceptors (Lipinski definition) is 5. The van der Waals surface area contributed by atoms with E-state index >= 15 is 0 Å². The monoisotopic (exact) mass is 361 g/mol. The maximum atomic E-state index is 13.7. The summed E-state index contributed by atoms with van der Waals surface area (Å²) in [6.07, 6.45) is 1.95. The first-order chi connectivity index (χ1) is 12.6. The van der Waals surface area contributed by atoms with Gasteiger partial charge in [-0.25, -0.2) is 9.07 Å². The smallest absolute Gasteiger partial charge is 0.274 e. The van der Waals surface area contributed by atoms with Gasteiger partial charge in [0, 0.05) is 19.2 Å². The van der Waals surface area contributed by atoms with Gasteiger partial charge in [0.2, 0.25) is 0 Å². The van der Waals surface area contributed by atoms with E-state index in [9.17, 15) is 9.18 Å². The molecule has 0 radical (unpaired) electrons. The van der Waals surface area contributed by atoms with Crippen molar-refractivity contribution in [2.45, 2.75) is 39.0 Å². The number of hydrogen-bond donors (Lipinski definition) is 2. The van der Waals surface area contributed by atoms with Crippen LogP contribution in [0.25, 0.3) is 0 Å². The summed E-state index contributed by atoms with van der Waals surface area (Å²) in [7, 11) is 1.52. The number of amides is 1. The van der Waals surface area contributed by atoms with Gasteiger partial charge in [0.05, 0.1) is 18.3 Å². The molecule has 0 atom stereocenters. The van der Waals surface area contributed by atoms with Gasteiger partial charge in [0.15, 0.2) is 5.69 Å². The first kappa shape index (κ1) is 18.5. The number of benzene rings is 1. The van der Waals surface area contributed by atoms with Crippen molar-refractivity contribution in [2.24, 2.45) is 0 Å². The second-order valence-electron chi connectivity index (χ2n) is 6.49. The summed E-state index contributed by atoms with van der Waals surface area (Å²) >= 11 is 0. The Balaban J connectivity index is 1.65. The summed E-state index contributed by atoms with van der Waals surface area (Å²) < 4.78 is 20.5. The highest BCUT2D eigenvalue weighted by molar-refractivity contribution is 5.93. The average molecular weight is 361 g/mol. The molecule has 0 saturated carbocycles. The maximum absolute atomic E-state index is 13.7. The molecule has 8 heteroatoms. The van der Waals surface area contributed by atoms with Crippen molar-refractivity contribution in [1.29, 1.82) is 0 Å². The van der Waals surface area contributed by atoms with Gasteiger partial charge >= 0.3 is 0 Å². The molecule has 1 fully saturated rings. The van der Waals surface area contributed by atoms with Crippen molar-refractivity contribution in [3.63, 3.8) is 0 Å². The summed E-state index contributed by atoms with van der Waals surface area (Å²) in [5.41, 5.74) is 2.37. The molecule has 2 aromatic rings. The molecule has 0 aliphatic carbocycles. The van der Waals surface area contributed by atoms with Gasteiger partial charge in [0.1, 0.15) is 5.82 Å². The Bertz CT molecular complexity index is 771. The number of halogens is 1. The van der Waals surface area contributed by atoms with Gasteiger partial charge in [-0.1, -0.05) is 11.3 Å². The highest BCUT2D eigenvalue weighted by Crippen LogP contribution is 2.20. The Hall–Kier alpha value is -2.32. The summed E-state index contributed by atoms with van der Waals surface area (Å²) in [5.74, 6) is -0.594. The predicted octanol–water partition coefficient (Wildman–Crippen LogP) is 1.73. The Kier molecular flexibility index (Phi) is 5.95. The minimum atomic E-state index is -0.317. The van der Waals surface area contributed by atoms with Crippen molar-refractivity contribution < 1.29 is 13.9 Å². The minimum absolute atomic E-state index is 0.192. The zero-order valence-electron chi connectivity index (χ0n) is 15.1. The second-order valence-corrected chi connectivity index (χ2v) is 6.49. The Morgan fingerprint density at radius 2 is 2.19 bits per heavy atom. The van der Waals surface area contributed by atoms with Gasteiger partial charge in [-0.2, -0.15) is 0 Å². The third-order valence-electron chi connectivity index (χ3n) is 4.66. The van der Waals surface area contributed by atoms with Crippen molar-refractivity contribution in [3.05, 3.63) is 46.5 Å². The Morgan fingerprint density at radius 3 is 2.92 bits per heavy atom. The summed E-state index contributed by atoms with van der Waals surface area (Å²) in [4.78, 5) is 12.5. The van der Waals surface area contributed by atoms with Crippen LogP contribution >= 0.6 is 0 Å². The van der Waals surface area contributed by atoms with E-state index in [2.05, 4.69) is 20.9 Å². The first-order valence-corrected chi connectivity index (χ1v) is 8.77. The lowest BCUT2D eigenvalue weighted by atomic mass is 10.1. The zero-order valence-corrected chi connectivity index (χ0v) is 15.1. The van der Waals surface area contributed by atoms with Crippen molar-refractivity contribution in [2.75, 3.05) is 20.2 Å². The van der Waals surface area contributed by atoms with E-state index in [4.69, 9.17) is 4.74 Å². The molecular formula is C18H24FN5O2. The fourth-order valence-electron chi connectivity index (χ4n) is 3.22. The molecular weight excluding hydrogens is 337 g/mol. The number of carbonyl (C=O) groups is 1. The number of carbonyl (C=O) groups excluding carboxylic acids is 1. The van der Waals surface area contributed by atoms with E-state index in [1.807, 2.05) is 11.6 Å². The molecule has 3 rings (SSSR count). The topological polar surface area (TPSA) is 81.1 Å². The molecule has 2 N–H and O–H groups in total. The highest BCUT2D eigenvalue weighted by Gasteiger charge is 2.22.